The SMILES string of the molecule is Cc1nc(CNc2cscc2C)cs1. The van der Waals surface area contributed by atoms with Gasteiger partial charge in [0.25, 0.3) is 0 Å². The predicted molar refractivity (Wildman–Crippen MR) is 63.2 cm³/mol. The molecule has 0 saturated carbocycles. The van der Waals surface area contributed by atoms with E-state index in [1.165, 1.54) is 11.3 Å². The number of thiazole rings is 1. The van der Waals surface area contributed by atoms with Crippen LogP contribution in [0.25, 0.3) is 0 Å². The van der Waals surface area contributed by atoms with Crippen LogP contribution < -0.4 is 5.32 Å². The molecule has 2 heterocycles. The lowest BCUT2D eigenvalue weighted by atomic mass is 10.3. The summed E-state index contributed by atoms with van der Waals surface area (Å²) in [5.74, 6) is 0. The Kier molecular flexibility index (Phi) is 2.84. The molecule has 2 aromatic rings. The lowest BCUT2D eigenvalue weighted by Gasteiger charge is -2.02. The van der Waals surface area contributed by atoms with Crippen LogP contribution in [-0.4, -0.2) is 4.98 Å². The lowest BCUT2D eigenvalue weighted by Crippen LogP contribution is -1.99. The van der Waals surface area contributed by atoms with E-state index in [2.05, 4.69) is 33.4 Å². The number of nitrogens with zero attached hydrogens (tertiary/aromatic N) is 1. The average Bonchev–Trinajstić information content (AvgIpc) is 2.72. The van der Waals surface area contributed by atoms with E-state index in [0.717, 1.165) is 17.2 Å². The average molecular weight is 224 g/mol. The van der Waals surface area contributed by atoms with Crippen LogP contribution in [0.4, 0.5) is 5.69 Å². The minimum absolute atomic E-state index is 0.821. The highest BCUT2D eigenvalue weighted by Gasteiger charge is 2.00. The van der Waals surface area contributed by atoms with Gasteiger partial charge in [0.2, 0.25) is 0 Å². The van der Waals surface area contributed by atoms with E-state index in [0.29, 0.717) is 0 Å². The van der Waals surface area contributed by atoms with Crippen molar-refractivity contribution in [2.24, 2.45) is 0 Å². The zero-order chi connectivity index (χ0) is 9.97. The van der Waals surface area contributed by atoms with Crippen molar-refractivity contribution in [3.63, 3.8) is 0 Å². The van der Waals surface area contributed by atoms with Gasteiger partial charge in [-0.3, -0.25) is 0 Å². The largest absolute Gasteiger partial charge is 0.378 e. The Hall–Kier alpha value is -0.870. The molecule has 2 nitrogen and oxygen atoms in total. The fourth-order valence-corrected chi connectivity index (χ4v) is 2.63. The zero-order valence-corrected chi connectivity index (χ0v) is 9.84. The van der Waals surface area contributed by atoms with Gasteiger partial charge in [0.05, 0.1) is 17.2 Å². The minimum atomic E-state index is 0.821. The van der Waals surface area contributed by atoms with Crippen molar-refractivity contribution in [2.45, 2.75) is 20.4 Å². The number of aromatic nitrogens is 1. The van der Waals surface area contributed by atoms with Crippen molar-refractivity contribution in [1.82, 2.24) is 4.98 Å². The number of hydrogen-bond donors (Lipinski definition) is 1. The van der Waals surface area contributed by atoms with Gasteiger partial charge in [0, 0.05) is 16.4 Å². The Balaban J connectivity index is 1.98. The molecule has 1 N–H and O–H groups in total. The number of anilines is 1. The molecule has 14 heavy (non-hydrogen) atoms. The van der Waals surface area contributed by atoms with Gasteiger partial charge in [-0.05, 0) is 24.8 Å². The van der Waals surface area contributed by atoms with Crippen LogP contribution in [0.1, 0.15) is 16.3 Å². The van der Waals surface area contributed by atoms with E-state index in [-0.39, 0.29) is 0 Å². The molecule has 2 rings (SSSR count). The quantitative estimate of drug-likeness (QED) is 0.864. The molecule has 0 spiro atoms. The van der Waals surface area contributed by atoms with E-state index in [1.807, 2.05) is 6.92 Å². The van der Waals surface area contributed by atoms with Crippen LogP contribution in [0.3, 0.4) is 0 Å². The number of nitrogens with one attached hydrogen (secondary N) is 1. The van der Waals surface area contributed by atoms with E-state index in [9.17, 15) is 0 Å². The Morgan fingerprint density at radius 2 is 2.14 bits per heavy atom. The molecular weight excluding hydrogens is 212 g/mol. The highest BCUT2D eigenvalue weighted by Crippen LogP contribution is 2.20. The summed E-state index contributed by atoms with van der Waals surface area (Å²) in [5, 5.41) is 10.9. The predicted octanol–water partition coefficient (Wildman–Crippen LogP) is 3.43. The van der Waals surface area contributed by atoms with Gasteiger partial charge >= 0.3 is 0 Å². The standard InChI is InChI=1S/C10H12N2S2/c1-7-4-13-6-10(7)11-3-9-5-14-8(2)12-9/h4-6,11H,3H2,1-2H3. The number of hydrogen-bond acceptors (Lipinski definition) is 4. The van der Waals surface area contributed by atoms with Crippen molar-refractivity contribution in [2.75, 3.05) is 5.32 Å². The molecule has 2 aromatic heterocycles. The fourth-order valence-electron chi connectivity index (χ4n) is 1.22. The molecule has 4 heteroatoms. The third kappa shape index (κ3) is 2.13. The Labute approximate surface area is 91.6 Å². The van der Waals surface area contributed by atoms with Gasteiger partial charge in [-0.2, -0.15) is 0 Å². The number of thiophene rings is 1. The highest BCUT2D eigenvalue weighted by atomic mass is 32.1. The molecule has 0 radical (unpaired) electrons. The van der Waals surface area contributed by atoms with Crippen molar-refractivity contribution in [1.29, 1.82) is 0 Å². The van der Waals surface area contributed by atoms with Gasteiger partial charge in [-0.25, -0.2) is 4.98 Å². The summed E-state index contributed by atoms with van der Waals surface area (Å²) < 4.78 is 0. The summed E-state index contributed by atoms with van der Waals surface area (Å²) >= 11 is 3.42. The van der Waals surface area contributed by atoms with Crippen molar-refractivity contribution in [3.05, 3.63) is 32.4 Å². The molecule has 74 valence electrons. The van der Waals surface area contributed by atoms with Crippen molar-refractivity contribution < 1.29 is 0 Å². The van der Waals surface area contributed by atoms with Gasteiger partial charge in [-0.1, -0.05) is 0 Å². The first-order valence-electron chi connectivity index (χ1n) is 4.43. The third-order valence-corrected chi connectivity index (χ3v) is 3.67. The molecule has 0 amide bonds. The van der Waals surface area contributed by atoms with Gasteiger partial charge in [0.15, 0.2) is 0 Å². The summed E-state index contributed by atoms with van der Waals surface area (Å²) in [5.41, 5.74) is 3.65. The van der Waals surface area contributed by atoms with E-state index < -0.39 is 0 Å². The van der Waals surface area contributed by atoms with Crippen LogP contribution in [0, 0.1) is 13.8 Å². The number of rotatable bonds is 3. The topological polar surface area (TPSA) is 24.9 Å². The minimum Gasteiger partial charge on any atom is -0.378 e. The first-order chi connectivity index (χ1) is 6.75. The molecule has 0 aliphatic carbocycles. The maximum atomic E-state index is 4.40. The Morgan fingerprint density at radius 3 is 2.71 bits per heavy atom. The normalized spacial score (nSPS) is 10.4. The fraction of sp³-hybridized carbons (Fsp3) is 0.300. The first kappa shape index (κ1) is 9.68. The van der Waals surface area contributed by atoms with Gasteiger partial charge in [0.1, 0.15) is 0 Å². The number of aryl methyl sites for hydroxylation is 2. The zero-order valence-electron chi connectivity index (χ0n) is 8.20. The van der Waals surface area contributed by atoms with Crippen LogP contribution in [0.2, 0.25) is 0 Å². The summed E-state index contributed by atoms with van der Waals surface area (Å²) in [6.07, 6.45) is 0. The molecule has 0 aromatic carbocycles. The second kappa shape index (κ2) is 4.11. The Morgan fingerprint density at radius 1 is 1.29 bits per heavy atom. The second-order valence-electron chi connectivity index (χ2n) is 3.18. The van der Waals surface area contributed by atoms with E-state index >= 15 is 0 Å². The monoisotopic (exact) mass is 224 g/mol. The van der Waals surface area contributed by atoms with Crippen molar-refractivity contribution >= 4 is 28.4 Å². The summed E-state index contributed by atoms with van der Waals surface area (Å²) in [6.45, 7) is 4.97. The molecule has 0 aliphatic rings. The first-order valence-corrected chi connectivity index (χ1v) is 6.25. The Bertz CT molecular complexity index is 417. The van der Waals surface area contributed by atoms with Gasteiger partial charge < -0.3 is 5.32 Å². The molecule has 0 atom stereocenters. The smallest absolute Gasteiger partial charge is 0.0898 e. The van der Waals surface area contributed by atoms with E-state index in [4.69, 9.17) is 0 Å². The summed E-state index contributed by atoms with van der Waals surface area (Å²) in [6, 6.07) is 0. The molecule has 0 aliphatic heterocycles. The maximum Gasteiger partial charge on any atom is 0.0898 e. The molecular formula is C10H12N2S2. The van der Waals surface area contributed by atoms with Gasteiger partial charge in [-0.15, -0.1) is 22.7 Å². The summed E-state index contributed by atoms with van der Waals surface area (Å²) in [4.78, 5) is 4.40. The second-order valence-corrected chi connectivity index (χ2v) is 4.99. The lowest BCUT2D eigenvalue weighted by molar-refractivity contribution is 1.05. The van der Waals surface area contributed by atoms with Crippen molar-refractivity contribution in [3.8, 4) is 0 Å². The van der Waals surface area contributed by atoms with Crippen LogP contribution >= 0.6 is 22.7 Å². The molecule has 0 fully saturated rings. The molecule has 0 unspecified atom stereocenters. The maximum absolute atomic E-state index is 4.40. The summed E-state index contributed by atoms with van der Waals surface area (Å²) in [7, 11) is 0. The van der Waals surface area contributed by atoms with Crippen LogP contribution in [0.5, 0.6) is 0 Å². The highest BCUT2D eigenvalue weighted by molar-refractivity contribution is 7.09. The van der Waals surface area contributed by atoms with Crippen LogP contribution in [-0.2, 0) is 6.54 Å². The third-order valence-electron chi connectivity index (χ3n) is 1.98. The van der Waals surface area contributed by atoms with Crippen LogP contribution in [0.15, 0.2) is 16.1 Å². The molecule has 0 bridgehead atoms. The van der Waals surface area contributed by atoms with E-state index in [1.54, 1.807) is 22.7 Å². The molecule has 0 saturated heterocycles.